The molecule has 1 aliphatic heterocycles. The number of rotatable bonds is 4. The standard InChI is InChI=1S/C19H21N5O2/c25-17(22-16-6-7-16)14-2-4-15(5-3-14)18(26)23-10-12-24(13-11-23)19-20-8-1-9-21-19/h1-5,8-9,16H,6-7,10-13H2,(H,22,25). The molecule has 2 amide bonds. The van der Waals surface area contributed by atoms with E-state index >= 15 is 0 Å². The highest BCUT2D eigenvalue weighted by Gasteiger charge is 2.25. The van der Waals surface area contributed by atoms with Crippen LogP contribution in [-0.4, -0.2) is 58.9 Å². The molecule has 2 aliphatic rings. The minimum atomic E-state index is -0.0667. The Morgan fingerprint density at radius 1 is 0.923 bits per heavy atom. The van der Waals surface area contributed by atoms with Gasteiger partial charge < -0.3 is 15.1 Å². The Balaban J connectivity index is 1.35. The molecule has 1 aliphatic carbocycles. The van der Waals surface area contributed by atoms with Crippen LogP contribution in [0.2, 0.25) is 0 Å². The quantitative estimate of drug-likeness (QED) is 0.899. The molecule has 1 saturated carbocycles. The molecular weight excluding hydrogens is 330 g/mol. The van der Waals surface area contributed by atoms with Crippen molar-refractivity contribution in [3.8, 4) is 0 Å². The average Bonchev–Trinajstić information content (AvgIpc) is 3.52. The van der Waals surface area contributed by atoms with Crippen molar-refractivity contribution in [2.24, 2.45) is 0 Å². The first-order chi connectivity index (χ1) is 12.7. The molecule has 26 heavy (non-hydrogen) atoms. The minimum Gasteiger partial charge on any atom is -0.349 e. The normalized spacial score (nSPS) is 17.1. The predicted octanol–water partition coefficient (Wildman–Crippen LogP) is 1.33. The van der Waals surface area contributed by atoms with Crippen LogP contribution in [0.4, 0.5) is 5.95 Å². The van der Waals surface area contributed by atoms with Crippen molar-refractivity contribution in [3.05, 3.63) is 53.9 Å². The van der Waals surface area contributed by atoms with Crippen LogP contribution in [0.5, 0.6) is 0 Å². The molecule has 0 atom stereocenters. The summed E-state index contributed by atoms with van der Waals surface area (Å²) in [5.41, 5.74) is 1.21. The molecular formula is C19H21N5O2. The molecule has 1 saturated heterocycles. The van der Waals surface area contributed by atoms with E-state index in [1.807, 2.05) is 4.90 Å². The van der Waals surface area contributed by atoms with Crippen LogP contribution >= 0.6 is 0 Å². The molecule has 1 aromatic carbocycles. The Kier molecular flexibility index (Phi) is 4.51. The van der Waals surface area contributed by atoms with Crippen LogP contribution in [0.3, 0.4) is 0 Å². The Bertz CT molecular complexity index is 781. The lowest BCUT2D eigenvalue weighted by molar-refractivity contribution is 0.0745. The smallest absolute Gasteiger partial charge is 0.253 e. The first-order valence-electron chi connectivity index (χ1n) is 8.93. The molecule has 7 heteroatoms. The Hall–Kier alpha value is -2.96. The van der Waals surface area contributed by atoms with E-state index in [4.69, 9.17) is 0 Å². The van der Waals surface area contributed by atoms with Gasteiger partial charge in [-0.05, 0) is 43.2 Å². The van der Waals surface area contributed by atoms with Gasteiger partial charge in [-0.3, -0.25) is 9.59 Å². The summed E-state index contributed by atoms with van der Waals surface area (Å²) < 4.78 is 0. The molecule has 0 radical (unpaired) electrons. The maximum absolute atomic E-state index is 12.7. The number of benzene rings is 1. The fraction of sp³-hybridized carbons (Fsp3) is 0.368. The number of aromatic nitrogens is 2. The van der Waals surface area contributed by atoms with E-state index in [9.17, 15) is 9.59 Å². The molecule has 0 bridgehead atoms. The SMILES string of the molecule is O=C(NC1CC1)c1ccc(C(=O)N2CCN(c3ncccn3)CC2)cc1. The lowest BCUT2D eigenvalue weighted by Crippen LogP contribution is -2.49. The number of amides is 2. The van der Waals surface area contributed by atoms with Crippen LogP contribution in [0.25, 0.3) is 0 Å². The number of piperazine rings is 1. The van der Waals surface area contributed by atoms with E-state index < -0.39 is 0 Å². The molecule has 1 aromatic heterocycles. The highest BCUT2D eigenvalue weighted by molar-refractivity contribution is 5.98. The summed E-state index contributed by atoms with van der Waals surface area (Å²) >= 11 is 0. The molecule has 0 spiro atoms. The topological polar surface area (TPSA) is 78.4 Å². The molecule has 7 nitrogen and oxygen atoms in total. The minimum absolute atomic E-state index is 0.00668. The number of carbonyl (C=O) groups excluding carboxylic acids is 2. The summed E-state index contributed by atoms with van der Waals surface area (Å²) in [6, 6.07) is 9.03. The van der Waals surface area contributed by atoms with Crippen LogP contribution < -0.4 is 10.2 Å². The lowest BCUT2D eigenvalue weighted by atomic mass is 10.1. The van der Waals surface area contributed by atoms with Gasteiger partial charge in [0.05, 0.1) is 0 Å². The lowest BCUT2D eigenvalue weighted by Gasteiger charge is -2.34. The largest absolute Gasteiger partial charge is 0.349 e. The Labute approximate surface area is 152 Å². The van der Waals surface area contributed by atoms with Crippen molar-refractivity contribution in [2.75, 3.05) is 31.1 Å². The van der Waals surface area contributed by atoms with E-state index in [0.29, 0.717) is 49.3 Å². The zero-order valence-electron chi connectivity index (χ0n) is 14.5. The summed E-state index contributed by atoms with van der Waals surface area (Å²) in [5, 5.41) is 2.95. The number of carbonyl (C=O) groups is 2. The number of hydrogen-bond acceptors (Lipinski definition) is 5. The second-order valence-corrected chi connectivity index (χ2v) is 6.65. The van der Waals surface area contributed by atoms with Gasteiger partial charge in [0.1, 0.15) is 0 Å². The summed E-state index contributed by atoms with van der Waals surface area (Å²) in [4.78, 5) is 37.1. The fourth-order valence-electron chi connectivity index (χ4n) is 3.01. The van der Waals surface area contributed by atoms with E-state index in [-0.39, 0.29) is 11.8 Å². The molecule has 2 heterocycles. The highest BCUT2D eigenvalue weighted by atomic mass is 16.2. The maximum Gasteiger partial charge on any atom is 0.253 e. The zero-order chi connectivity index (χ0) is 17.9. The van der Waals surface area contributed by atoms with Gasteiger partial charge in [-0.25, -0.2) is 9.97 Å². The van der Waals surface area contributed by atoms with Crippen molar-refractivity contribution in [1.82, 2.24) is 20.2 Å². The summed E-state index contributed by atoms with van der Waals surface area (Å²) in [6.45, 7) is 2.66. The van der Waals surface area contributed by atoms with Gasteiger partial charge in [0.2, 0.25) is 5.95 Å². The average molecular weight is 351 g/mol. The van der Waals surface area contributed by atoms with E-state index in [1.54, 1.807) is 42.7 Å². The predicted molar refractivity (Wildman–Crippen MR) is 97.1 cm³/mol. The molecule has 134 valence electrons. The van der Waals surface area contributed by atoms with E-state index in [2.05, 4.69) is 20.2 Å². The molecule has 0 unspecified atom stereocenters. The Morgan fingerprint density at radius 3 is 2.15 bits per heavy atom. The van der Waals surface area contributed by atoms with Gasteiger partial charge in [0.15, 0.2) is 0 Å². The number of nitrogens with zero attached hydrogens (tertiary/aromatic N) is 4. The van der Waals surface area contributed by atoms with Gasteiger partial charge in [-0.1, -0.05) is 0 Å². The molecule has 4 rings (SSSR count). The number of nitrogens with one attached hydrogen (secondary N) is 1. The monoisotopic (exact) mass is 351 g/mol. The van der Waals surface area contributed by atoms with E-state index in [0.717, 1.165) is 12.8 Å². The van der Waals surface area contributed by atoms with E-state index in [1.165, 1.54) is 0 Å². The van der Waals surface area contributed by atoms with Gasteiger partial charge >= 0.3 is 0 Å². The second-order valence-electron chi connectivity index (χ2n) is 6.65. The zero-order valence-corrected chi connectivity index (χ0v) is 14.5. The van der Waals surface area contributed by atoms with Crippen LogP contribution in [-0.2, 0) is 0 Å². The van der Waals surface area contributed by atoms with Gasteiger partial charge in [-0.15, -0.1) is 0 Å². The van der Waals surface area contributed by atoms with Crippen LogP contribution in [0.15, 0.2) is 42.7 Å². The third-order valence-corrected chi connectivity index (χ3v) is 4.71. The molecule has 2 aromatic rings. The van der Waals surface area contributed by atoms with Crippen molar-refractivity contribution in [1.29, 1.82) is 0 Å². The van der Waals surface area contributed by atoms with Crippen molar-refractivity contribution in [2.45, 2.75) is 18.9 Å². The Morgan fingerprint density at radius 2 is 1.54 bits per heavy atom. The van der Waals surface area contributed by atoms with Gasteiger partial charge in [0.25, 0.3) is 11.8 Å². The highest BCUT2D eigenvalue weighted by Crippen LogP contribution is 2.19. The first kappa shape index (κ1) is 16.5. The second kappa shape index (κ2) is 7.11. The number of anilines is 1. The van der Waals surface area contributed by atoms with Gasteiger partial charge in [-0.2, -0.15) is 0 Å². The van der Waals surface area contributed by atoms with Crippen LogP contribution in [0.1, 0.15) is 33.6 Å². The molecule has 2 fully saturated rings. The third kappa shape index (κ3) is 3.66. The van der Waals surface area contributed by atoms with Crippen molar-refractivity contribution >= 4 is 17.8 Å². The van der Waals surface area contributed by atoms with Crippen molar-refractivity contribution < 1.29 is 9.59 Å². The maximum atomic E-state index is 12.7. The summed E-state index contributed by atoms with van der Waals surface area (Å²) in [6.07, 6.45) is 5.56. The van der Waals surface area contributed by atoms with Crippen LogP contribution in [0, 0.1) is 0 Å². The summed E-state index contributed by atoms with van der Waals surface area (Å²) in [7, 11) is 0. The summed E-state index contributed by atoms with van der Waals surface area (Å²) in [5.74, 6) is 0.626. The molecule has 1 N–H and O–H groups in total. The third-order valence-electron chi connectivity index (χ3n) is 4.71. The van der Waals surface area contributed by atoms with Crippen molar-refractivity contribution in [3.63, 3.8) is 0 Å². The first-order valence-corrected chi connectivity index (χ1v) is 8.93. The number of hydrogen-bond donors (Lipinski definition) is 1. The van der Waals surface area contributed by atoms with Gasteiger partial charge in [0, 0.05) is 55.7 Å². The fourth-order valence-corrected chi connectivity index (χ4v) is 3.01.